The van der Waals surface area contributed by atoms with Gasteiger partial charge in [0, 0.05) is 37.8 Å². The summed E-state index contributed by atoms with van der Waals surface area (Å²) in [6, 6.07) is 3.78. The maximum atomic E-state index is 13.8. The number of benzene rings is 1. The molecule has 206 valence electrons. The van der Waals surface area contributed by atoms with Gasteiger partial charge in [-0.3, -0.25) is 9.59 Å². The zero-order valence-corrected chi connectivity index (χ0v) is 24.2. The van der Waals surface area contributed by atoms with Crippen molar-refractivity contribution in [3.05, 3.63) is 38.8 Å². The highest BCUT2D eigenvalue weighted by Crippen LogP contribution is 2.26. The van der Waals surface area contributed by atoms with Crippen LogP contribution in [0.25, 0.3) is 11.0 Å². The summed E-state index contributed by atoms with van der Waals surface area (Å²) in [7, 11) is 3.20. The van der Waals surface area contributed by atoms with Gasteiger partial charge in [0.05, 0.1) is 31.9 Å². The third-order valence-corrected chi connectivity index (χ3v) is 6.78. The number of halogens is 2. The van der Waals surface area contributed by atoms with Gasteiger partial charge in [-0.15, -0.1) is 0 Å². The lowest BCUT2D eigenvalue weighted by Crippen LogP contribution is -2.40. The van der Waals surface area contributed by atoms with Crippen molar-refractivity contribution in [1.29, 1.82) is 0 Å². The summed E-state index contributed by atoms with van der Waals surface area (Å²) >= 11 is 9.52. The van der Waals surface area contributed by atoms with Gasteiger partial charge in [0.25, 0.3) is 17.6 Å². The molecule has 5 N–H and O–H groups in total. The Morgan fingerprint density at radius 3 is 2.37 bits per heavy atom. The lowest BCUT2D eigenvalue weighted by molar-refractivity contribution is -0.676. The van der Waals surface area contributed by atoms with Gasteiger partial charge in [-0.2, -0.15) is 0 Å². The molecule has 2 amide bonds. The summed E-state index contributed by atoms with van der Waals surface area (Å²) in [4.78, 5) is 36.3. The first-order valence-electron chi connectivity index (χ1n) is 12.1. The van der Waals surface area contributed by atoms with Crippen molar-refractivity contribution in [3.63, 3.8) is 0 Å². The summed E-state index contributed by atoms with van der Waals surface area (Å²) in [5.74, 6) is -0.0681. The molecule has 12 nitrogen and oxygen atoms in total. The first-order chi connectivity index (χ1) is 18.2. The third-order valence-electron chi connectivity index (χ3n) is 6.05. The van der Waals surface area contributed by atoms with E-state index in [4.69, 9.17) is 32.5 Å². The van der Waals surface area contributed by atoms with Crippen LogP contribution in [0.2, 0.25) is 5.15 Å². The van der Waals surface area contributed by atoms with E-state index in [1.54, 1.807) is 19.1 Å². The number of ether oxygens (including phenoxy) is 2. The molecule has 2 aromatic heterocycles. The molecule has 0 atom stereocenters. The minimum Gasteiger partial charge on any atom is -0.383 e. The molecular weight excluding hydrogens is 580 g/mol. The fourth-order valence-corrected chi connectivity index (χ4v) is 4.85. The number of carbonyl (C=O) groups is 2. The summed E-state index contributed by atoms with van der Waals surface area (Å²) in [6.45, 7) is 6.92. The van der Waals surface area contributed by atoms with Gasteiger partial charge < -0.3 is 31.2 Å². The van der Waals surface area contributed by atoms with Gasteiger partial charge in [0.1, 0.15) is 6.54 Å². The van der Waals surface area contributed by atoms with Crippen LogP contribution in [-0.4, -0.2) is 71.8 Å². The first kappa shape index (κ1) is 29.6. The zero-order valence-electron chi connectivity index (χ0n) is 21.9. The molecule has 0 aliphatic heterocycles. The Labute approximate surface area is 234 Å². The molecule has 0 spiro atoms. The molecule has 0 saturated heterocycles. The number of nitrogen functional groups attached to an aromatic ring is 2. The first-order valence-corrected chi connectivity index (χ1v) is 13.2. The minimum atomic E-state index is -0.546. The monoisotopic (exact) mass is 611 g/mol. The van der Waals surface area contributed by atoms with Gasteiger partial charge in [0.15, 0.2) is 33.5 Å². The third kappa shape index (κ3) is 6.17. The van der Waals surface area contributed by atoms with Crippen LogP contribution in [0, 0.1) is 0 Å². The van der Waals surface area contributed by atoms with Crippen molar-refractivity contribution < 1.29 is 23.6 Å². The van der Waals surface area contributed by atoms with Crippen molar-refractivity contribution in [3.8, 4) is 0 Å². The van der Waals surface area contributed by atoms with Gasteiger partial charge >= 0.3 is 0 Å². The maximum absolute atomic E-state index is 13.8. The van der Waals surface area contributed by atoms with Gasteiger partial charge in [-0.1, -0.05) is 27.5 Å². The fourth-order valence-electron chi connectivity index (χ4n) is 4.28. The molecule has 0 aliphatic carbocycles. The lowest BCUT2D eigenvalue weighted by atomic mass is 10.1. The molecule has 0 fully saturated rings. The van der Waals surface area contributed by atoms with Crippen LogP contribution in [0.1, 0.15) is 40.5 Å². The molecule has 0 aliphatic rings. The number of aryl methyl sites for hydroxylation is 2. The second-order valence-corrected chi connectivity index (χ2v) is 9.59. The molecule has 3 aromatic rings. The van der Waals surface area contributed by atoms with Gasteiger partial charge in [-0.05, 0) is 19.9 Å². The molecule has 0 unspecified atom stereocenters. The number of nitrogens with zero attached hydrogens (tertiary/aromatic N) is 5. The average molecular weight is 613 g/mol. The van der Waals surface area contributed by atoms with E-state index in [2.05, 4.69) is 35.8 Å². The average Bonchev–Trinajstić information content (AvgIpc) is 3.20. The summed E-state index contributed by atoms with van der Waals surface area (Å²) in [6.07, 6.45) is 0. The molecule has 1 aromatic carbocycles. The van der Waals surface area contributed by atoms with E-state index in [9.17, 15) is 9.59 Å². The van der Waals surface area contributed by atoms with E-state index >= 15 is 0 Å². The quantitative estimate of drug-likeness (QED) is 0.263. The molecule has 0 saturated carbocycles. The smallest absolute Gasteiger partial charge is 0.277 e. The SMILES string of the molecule is CCn1c(CNC(=O)c2nc(Cl)c(N)nc2N)[n+](CC)c2cc(Br)cc(C(=O)N(CCOC)CCOC)c21. The number of carbonyl (C=O) groups excluding carboxylic acids is 2. The van der Waals surface area contributed by atoms with Gasteiger partial charge in [0.2, 0.25) is 0 Å². The second kappa shape index (κ2) is 13.2. The van der Waals surface area contributed by atoms with E-state index in [1.807, 2.05) is 30.5 Å². The van der Waals surface area contributed by atoms with Crippen molar-refractivity contribution >= 4 is 62.0 Å². The Bertz CT molecular complexity index is 1320. The van der Waals surface area contributed by atoms with E-state index in [0.717, 1.165) is 21.3 Å². The Morgan fingerprint density at radius 2 is 1.79 bits per heavy atom. The number of nitrogens with one attached hydrogen (secondary N) is 1. The molecule has 38 heavy (non-hydrogen) atoms. The van der Waals surface area contributed by atoms with Crippen molar-refractivity contribution in [1.82, 2.24) is 24.8 Å². The second-order valence-electron chi connectivity index (χ2n) is 8.32. The number of amides is 2. The molecule has 0 radical (unpaired) electrons. The number of nitrogens with two attached hydrogens (primary N) is 2. The van der Waals surface area contributed by atoms with Gasteiger partial charge in [-0.25, -0.2) is 19.1 Å². The fraction of sp³-hybridized carbons (Fsp3) is 0.458. The lowest BCUT2D eigenvalue weighted by Gasteiger charge is -2.22. The van der Waals surface area contributed by atoms with E-state index < -0.39 is 5.91 Å². The number of fused-ring (bicyclic) bond motifs is 1. The number of anilines is 2. The van der Waals surface area contributed by atoms with Crippen LogP contribution < -0.4 is 21.4 Å². The molecule has 0 bridgehead atoms. The molecule has 3 rings (SSSR count). The Kier molecular flexibility index (Phi) is 10.3. The van der Waals surface area contributed by atoms with Crippen LogP contribution in [0.4, 0.5) is 11.6 Å². The van der Waals surface area contributed by atoms with Crippen molar-refractivity contribution in [2.24, 2.45) is 0 Å². The molecule has 14 heteroatoms. The number of aromatic nitrogens is 4. The predicted octanol–water partition coefficient (Wildman–Crippen LogP) is 2.00. The zero-order chi connectivity index (χ0) is 28.0. The predicted molar refractivity (Wildman–Crippen MR) is 148 cm³/mol. The van der Waals surface area contributed by atoms with Crippen LogP contribution >= 0.6 is 27.5 Å². The summed E-state index contributed by atoms with van der Waals surface area (Å²) in [5.41, 5.74) is 13.5. The topological polar surface area (TPSA) is 154 Å². The summed E-state index contributed by atoms with van der Waals surface area (Å²) < 4.78 is 15.3. The number of methoxy groups -OCH3 is 2. The van der Waals surface area contributed by atoms with E-state index in [0.29, 0.717) is 45.0 Å². The highest BCUT2D eigenvalue weighted by molar-refractivity contribution is 9.10. The summed E-state index contributed by atoms with van der Waals surface area (Å²) in [5, 5.41) is 2.75. The van der Waals surface area contributed by atoms with Crippen LogP contribution in [-0.2, 0) is 29.1 Å². The highest BCUT2D eigenvalue weighted by atomic mass is 79.9. The number of imidazole rings is 1. The molecule has 2 heterocycles. The van der Waals surface area contributed by atoms with Crippen molar-refractivity contribution in [2.75, 3.05) is 52.0 Å². The Hall–Kier alpha value is -3.00. The van der Waals surface area contributed by atoms with Crippen LogP contribution in [0.3, 0.4) is 0 Å². The van der Waals surface area contributed by atoms with Crippen LogP contribution in [0.15, 0.2) is 16.6 Å². The highest BCUT2D eigenvalue weighted by Gasteiger charge is 2.31. The van der Waals surface area contributed by atoms with E-state index in [-0.39, 0.29) is 34.9 Å². The Morgan fingerprint density at radius 1 is 1.13 bits per heavy atom. The largest absolute Gasteiger partial charge is 0.383 e. The molecular formula is C24H33BrClN8O4+. The van der Waals surface area contributed by atoms with Crippen molar-refractivity contribution in [2.45, 2.75) is 33.5 Å². The minimum absolute atomic E-state index is 0.0523. The Balaban J connectivity index is 2.07. The number of rotatable bonds is 12. The number of hydrogen-bond acceptors (Lipinski definition) is 8. The van der Waals surface area contributed by atoms with Crippen LogP contribution in [0.5, 0.6) is 0 Å². The van der Waals surface area contributed by atoms with E-state index in [1.165, 1.54) is 0 Å². The number of hydrogen-bond donors (Lipinski definition) is 3. The normalized spacial score (nSPS) is 11.2. The standard InChI is InChI=1S/C24H32BrClN8O4/c1-5-33-16-12-14(25)11-15(24(36)32(7-9-37-3)8-10-38-4)19(16)34(6-2)17(33)13-29-23(35)18-21(27)31-22(28)20(26)30-18/h11-12H,5-10,13H2,1-4H3,(H4-,27,28,29,31,35)/p+1. The maximum Gasteiger partial charge on any atom is 0.277 e.